The quantitative estimate of drug-likeness (QED) is 0.906. The third-order valence-electron chi connectivity index (χ3n) is 3.17. The molecule has 0 aliphatic rings. The number of halogens is 1. The fraction of sp³-hybridized carbons (Fsp3) is 0.467. The largest absolute Gasteiger partial charge is 0.481 e. The predicted molar refractivity (Wildman–Crippen MR) is 80.2 cm³/mol. The molecular weight excluding hydrogens is 278 g/mol. The van der Waals surface area contributed by atoms with Crippen LogP contribution in [0.25, 0.3) is 0 Å². The zero-order valence-electron chi connectivity index (χ0n) is 12.2. The average Bonchev–Trinajstić information content (AvgIpc) is 2.38. The molecule has 4 nitrogen and oxygen atoms in total. The summed E-state index contributed by atoms with van der Waals surface area (Å²) in [7, 11) is 0. The van der Waals surface area contributed by atoms with Crippen molar-refractivity contribution in [1.82, 2.24) is 0 Å². The minimum Gasteiger partial charge on any atom is -0.481 e. The van der Waals surface area contributed by atoms with Crippen LogP contribution in [0.3, 0.4) is 0 Å². The number of hydrogen-bond donors (Lipinski definition) is 1. The van der Waals surface area contributed by atoms with Crippen molar-refractivity contribution in [2.24, 2.45) is 11.8 Å². The Kier molecular flexibility index (Phi) is 5.57. The van der Waals surface area contributed by atoms with Crippen LogP contribution in [-0.4, -0.2) is 23.5 Å². The normalized spacial score (nSPS) is 12.3. The fourth-order valence-corrected chi connectivity index (χ4v) is 2.03. The highest BCUT2D eigenvalue weighted by Gasteiger charge is 2.25. The number of carbonyl (C=O) groups excluding carboxylic acids is 1. The van der Waals surface area contributed by atoms with Crippen molar-refractivity contribution in [1.29, 1.82) is 0 Å². The van der Waals surface area contributed by atoms with Gasteiger partial charge in [0, 0.05) is 23.2 Å². The van der Waals surface area contributed by atoms with Gasteiger partial charge in [-0.1, -0.05) is 38.4 Å². The minimum atomic E-state index is -0.925. The summed E-state index contributed by atoms with van der Waals surface area (Å²) >= 11 is 6.09. The van der Waals surface area contributed by atoms with Gasteiger partial charge in [0.15, 0.2) is 0 Å². The van der Waals surface area contributed by atoms with Crippen molar-refractivity contribution in [2.45, 2.75) is 27.7 Å². The van der Waals surface area contributed by atoms with E-state index in [1.807, 2.05) is 6.92 Å². The Labute approximate surface area is 124 Å². The zero-order valence-corrected chi connectivity index (χ0v) is 12.9. The topological polar surface area (TPSA) is 57.6 Å². The molecule has 1 unspecified atom stereocenters. The first-order valence-electron chi connectivity index (χ1n) is 6.55. The van der Waals surface area contributed by atoms with E-state index in [0.717, 1.165) is 5.56 Å². The molecule has 110 valence electrons. The number of benzene rings is 1. The first-order valence-corrected chi connectivity index (χ1v) is 6.92. The van der Waals surface area contributed by atoms with Gasteiger partial charge in [-0.25, -0.2) is 0 Å². The summed E-state index contributed by atoms with van der Waals surface area (Å²) in [6, 6.07) is 5.30. The molecule has 1 rings (SSSR count). The van der Waals surface area contributed by atoms with E-state index < -0.39 is 11.9 Å². The summed E-state index contributed by atoms with van der Waals surface area (Å²) in [5.41, 5.74) is 1.45. The number of carbonyl (C=O) groups is 2. The maximum Gasteiger partial charge on any atom is 0.308 e. The molecule has 1 aromatic rings. The monoisotopic (exact) mass is 297 g/mol. The Morgan fingerprint density at radius 1 is 1.30 bits per heavy atom. The average molecular weight is 298 g/mol. The predicted octanol–water partition coefficient (Wildman–Crippen LogP) is 3.36. The van der Waals surface area contributed by atoms with E-state index in [9.17, 15) is 9.59 Å². The Morgan fingerprint density at radius 2 is 1.90 bits per heavy atom. The third kappa shape index (κ3) is 3.73. The lowest BCUT2D eigenvalue weighted by atomic mass is 10.1. The second-order valence-electron chi connectivity index (χ2n) is 5.23. The van der Waals surface area contributed by atoms with E-state index in [-0.39, 0.29) is 18.4 Å². The molecule has 1 atom stereocenters. The summed E-state index contributed by atoms with van der Waals surface area (Å²) < 4.78 is 0. The summed E-state index contributed by atoms with van der Waals surface area (Å²) in [5, 5.41) is 9.62. The standard InChI is InChI=1S/C15H20ClNO3/c1-9(2)14(18)17(8-10(3)15(19)20)13-7-5-6-12(16)11(13)4/h5-7,9-10H,8H2,1-4H3,(H,19,20). The van der Waals surface area contributed by atoms with Gasteiger partial charge in [0.25, 0.3) is 0 Å². The second-order valence-corrected chi connectivity index (χ2v) is 5.63. The molecule has 0 saturated carbocycles. The Hall–Kier alpha value is -1.55. The molecule has 20 heavy (non-hydrogen) atoms. The maximum atomic E-state index is 12.4. The number of aliphatic carboxylic acids is 1. The Balaban J connectivity index is 3.20. The van der Waals surface area contributed by atoms with E-state index in [1.165, 1.54) is 4.90 Å². The molecule has 1 N–H and O–H groups in total. The molecule has 0 fully saturated rings. The lowest BCUT2D eigenvalue weighted by Crippen LogP contribution is -2.39. The van der Waals surface area contributed by atoms with E-state index in [0.29, 0.717) is 10.7 Å². The van der Waals surface area contributed by atoms with Gasteiger partial charge in [-0.3, -0.25) is 9.59 Å². The van der Waals surface area contributed by atoms with Gasteiger partial charge in [-0.15, -0.1) is 0 Å². The van der Waals surface area contributed by atoms with E-state index in [4.69, 9.17) is 16.7 Å². The number of rotatable bonds is 5. The smallest absolute Gasteiger partial charge is 0.308 e. The van der Waals surface area contributed by atoms with Crippen LogP contribution in [0, 0.1) is 18.8 Å². The number of carboxylic acids is 1. The molecule has 1 amide bonds. The molecule has 0 aliphatic heterocycles. The van der Waals surface area contributed by atoms with Crippen molar-refractivity contribution in [3.63, 3.8) is 0 Å². The SMILES string of the molecule is Cc1c(Cl)cccc1N(CC(C)C(=O)O)C(=O)C(C)C. The summed E-state index contributed by atoms with van der Waals surface area (Å²) in [4.78, 5) is 24.9. The van der Waals surface area contributed by atoms with Crippen LogP contribution < -0.4 is 4.90 Å². The highest BCUT2D eigenvalue weighted by molar-refractivity contribution is 6.31. The van der Waals surface area contributed by atoms with Crippen LogP contribution in [0.2, 0.25) is 5.02 Å². The zero-order chi connectivity index (χ0) is 15.4. The van der Waals surface area contributed by atoms with Crippen LogP contribution in [0.4, 0.5) is 5.69 Å². The number of hydrogen-bond acceptors (Lipinski definition) is 2. The molecule has 1 aromatic carbocycles. The van der Waals surface area contributed by atoms with Gasteiger partial charge < -0.3 is 10.0 Å². The molecule has 0 aliphatic carbocycles. The Bertz CT molecular complexity index is 514. The van der Waals surface area contributed by atoms with Gasteiger partial charge >= 0.3 is 5.97 Å². The summed E-state index contributed by atoms with van der Waals surface area (Å²) in [6.45, 7) is 7.13. The lowest BCUT2D eigenvalue weighted by molar-refractivity contribution is -0.140. The molecule has 0 heterocycles. The van der Waals surface area contributed by atoms with Crippen LogP contribution >= 0.6 is 11.6 Å². The minimum absolute atomic E-state index is 0.108. The third-order valence-corrected chi connectivity index (χ3v) is 3.58. The van der Waals surface area contributed by atoms with Gasteiger partial charge in [-0.2, -0.15) is 0 Å². The van der Waals surface area contributed by atoms with Gasteiger partial charge in [-0.05, 0) is 24.6 Å². The van der Waals surface area contributed by atoms with E-state index in [1.54, 1.807) is 39.0 Å². The van der Waals surface area contributed by atoms with Crippen LogP contribution in [0.5, 0.6) is 0 Å². The summed E-state index contributed by atoms with van der Waals surface area (Å²) in [6.07, 6.45) is 0. The van der Waals surface area contributed by atoms with Crippen LogP contribution in [0.1, 0.15) is 26.3 Å². The van der Waals surface area contributed by atoms with Crippen LogP contribution in [-0.2, 0) is 9.59 Å². The molecule has 0 aromatic heterocycles. The first kappa shape index (κ1) is 16.5. The number of amides is 1. The lowest BCUT2D eigenvalue weighted by Gasteiger charge is -2.28. The van der Waals surface area contributed by atoms with Crippen molar-refractivity contribution in [2.75, 3.05) is 11.4 Å². The number of anilines is 1. The highest BCUT2D eigenvalue weighted by Crippen LogP contribution is 2.28. The van der Waals surface area contributed by atoms with Crippen molar-refractivity contribution in [3.8, 4) is 0 Å². The molecule has 5 heteroatoms. The number of carboxylic acid groups (broad SMARTS) is 1. The molecule has 0 bridgehead atoms. The second kappa shape index (κ2) is 6.75. The summed E-state index contributed by atoms with van der Waals surface area (Å²) in [5.74, 6) is -1.89. The van der Waals surface area contributed by atoms with Crippen molar-refractivity contribution >= 4 is 29.2 Å². The fourth-order valence-electron chi connectivity index (χ4n) is 1.86. The molecular formula is C15H20ClNO3. The van der Waals surface area contributed by atoms with Crippen LogP contribution in [0.15, 0.2) is 18.2 Å². The van der Waals surface area contributed by atoms with Crippen molar-refractivity contribution in [3.05, 3.63) is 28.8 Å². The first-order chi connectivity index (χ1) is 9.25. The molecule has 0 spiro atoms. The van der Waals surface area contributed by atoms with E-state index in [2.05, 4.69) is 0 Å². The molecule has 0 radical (unpaired) electrons. The highest BCUT2D eigenvalue weighted by atomic mass is 35.5. The van der Waals surface area contributed by atoms with Gasteiger partial charge in [0.05, 0.1) is 5.92 Å². The molecule has 0 saturated heterocycles. The van der Waals surface area contributed by atoms with E-state index >= 15 is 0 Å². The van der Waals surface area contributed by atoms with Gasteiger partial charge in [0.1, 0.15) is 0 Å². The van der Waals surface area contributed by atoms with Gasteiger partial charge in [0.2, 0.25) is 5.91 Å². The maximum absolute atomic E-state index is 12.4. The Morgan fingerprint density at radius 3 is 2.40 bits per heavy atom. The van der Waals surface area contributed by atoms with Crippen molar-refractivity contribution < 1.29 is 14.7 Å². The number of nitrogens with zero attached hydrogens (tertiary/aromatic N) is 1.